The average Bonchev–Trinajstić information content (AvgIpc) is 3.05. The molecule has 0 bridgehead atoms. The van der Waals surface area contributed by atoms with Gasteiger partial charge >= 0.3 is 6.09 Å². The first-order valence-corrected chi connectivity index (χ1v) is 13.1. The lowest BCUT2D eigenvalue weighted by Gasteiger charge is -2.38. The van der Waals surface area contributed by atoms with Gasteiger partial charge < -0.3 is 19.9 Å². The number of rotatable bonds is 7. The first-order chi connectivity index (χ1) is 16.7. The lowest BCUT2D eigenvalue weighted by Crippen LogP contribution is -2.47. The van der Waals surface area contributed by atoms with Crippen molar-refractivity contribution >= 4 is 17.9 Å². The molecular weight excluding hydrogens is 444 g/mol. The molecule has 0 aliphatic carbocycles. The van der Waals surface area contributed by atoms with Crippen molar-refractivity contribution in [3.05, 3.63) is 35.4 Å². The summed E-state index contributed by atoms with van der Waals surface area (Å²) in [6.45, 7) is 12.4. The van der Waals surface area contributed by atoms with Crippen LogP contribution < -0.4 is 5.32 Å². The molecule has 0 saturated carbocycles. The highest BCUT2D eigenvalue weighted by Crippen LogP contribution is 2.24. The number of amides is 3. The van der Waals surface area contributed by atoms with Crippen LogP contribution in [0.15, 0.2) is 24.3 Å². The molecule has 0 unspecified atom stereocenters. The van der Waals surface area contributed by atoms with E-state index in [2.05, 4.69) is 15.1 Å². The predicted molar refractivity (Wildman–Crippen MR) is 134 cm³/mol. The van der Waals surface area contributed by atoms with E-state index in [0.29, 0.717) is 23.6 Å². The van der Waals surface area contributed by atoms with E-state index in [4.69, 9.17) is 4.74 Å². The topological polar surface area (TPSA) is 82.2 Å². The fourth-order valence-corrected chi connectivity index (χ4v) is 5.39. The molecule has 3 aliphatic rings. The molecule has 3 amide bonds. The molecule has 1 N–H and O–H groups in total. The molecule has 0 aromatic heterocycles. The maximum Gasteiger partial charge on any atom is 0.407 e. The second kappa shape index (κ2) is 11.1. The number of carbonyl (C=O) groups excluding carboxylic acids is 3. The van der Waals surface area contributed by atoms with Crippen LogP contribution in [0.3, 0.4) is 0 Å². The van der Waals surface area contributed by atoms with Gasteiger partial charge in [0, 0.05) is 32.2 Å². The molecule has 4 rings (SSSR count). The van der Waals surface area contributed by atoms with E-state index in [9.17, 15) is 14.4 Å². The molecule has 2 saturated heterocycles. The molecular formula is C27H40N4O4. The number of ether oxygens (including phenoxy) is 1. The predicted octanol–water partition coefficient (Wildman–Crippen LogP) is 3.37. The molecule has 8 heteroatoms. The summed E-state index contributed by atoms with van der Waals surface area (Å²) in [6.07, 6.45) is 4.80. The van der Waals surface area contributed by atoms with E-state index in [1.54, 1.807) is 24.3 Å². The third-order valence-corrected chi connectivity index (χ3v) is 7.27. The standard InChI is InChI=1S/C27H40N4O4/c1-27(2,3)35-26(34)28-21-11-17-30(18-12-21)19-20-9-15-29(16-10-20)13-6-14-31-24(32)22-7-4-5-8-23(22)25(31)33/h4-5,7-8,20-21H,6,9-19H2,1-3H3,(H,28,34). The Kier molecular flexibility index (Phi) is 8.12. The summed E-state index contributed by atoms with van der Waals surface area (Å²) < 4.78 is 5.38. The van der Waals surface area contributed by atoms with E-state index in [1.165, 1.54) is 17.7 Å². The van der Waals surface area contributed by atoms with Gasteiger partial charge in [0.15, 0.2) is 0 Å². The van der Waals surface area contributed by atoms with E-state index in [-0.39, 0.29) is 23.9 Å². The lowest BCUT2D eigenvalue weighted by molar-refractivity contribution is 0.0469. The number of nitrogens with one attached hydrogen (secondary N) is 1. The van der Waals surface area contributed by atoms with Crippen molar-refractivity contribution in [3.63, 3.8) is 0 Å². The minimum atomic E-state index is -0.464. The molecule has 1 aromatic rings. The number of imide groups is 1. The number of likely N-dealkylation sites (tertiary alicyclic amines) is 2. The maximum atomic E-state index is 12.5. The number of fused-ring (bicyclic) bond motifs is 1. The normalized spacial score (nSPS) is 20.8. The first-order valence-electron chi connectivity index (χ1n) is 13.1. The summed E-state index contributed by atoms with van der Waals surface area (Å²) in [4.78, 5) is 43.4. The highest BCUT2D eigenvalue weighted by Gasteiger charge is 2.34. The summed E-state index contributed by atoms with van der Waals surface area (Å²) in [6, 6.07) is 7.28. The van der Waals surface area contributed by atoms with Gasteiger partial charge in [0.25, 0.3) is 11.8 Å². The fourth-order valence-electron chi connectivity index (χ4n) is 5.39. The van der Waals surface area contributed by atoms with Gasteiger partial charge in [-0.3, -0.25) is 14.5 Å². The van der Waals surface area contributed by atoms with Crippen molar-refractivity contribution in [2.45, 2.75) is 64.5 Å². The van der Waals surface area contributed by atoms with Crippen molar-refractivity contribution in [1.29, 1.82) is 0 Å². The molecule has 8 nitrogen and oxygen atoms in total. The zero-order chi connectivity index (χ0) is 25.0. The number of carbonyl (C=O) groups is 3. The molecule has 3 heterocycles. The summed E-state index contributed by atoms with van der Waals surface area (Å²) in [5.41, 5.74) is 0.597. The highest BCUT2D eigenvalue weighted by molar-refractivity contribution is 6.21. The van der Waals surface area contributed by atoms with Gasteiger partial charge in [0.1, 0.15) is 5.60 Å². The third-order valence-electron chi connectivity index (χ3n) is 7.27. The van der Waals surface area contributed by atoms with Crippen LogP contribution in [0.25, 0.3) is 0 Å². The van der Waals surface area contributed by atoms with Crippen LogP contribution in [0, 0.1) is 5.92 Å². The van der Waals surface area contributed by atoms with Crippen molar-refractivity contribution < 1.29 is 19.1 Å². The van der Waals surface area contributed by atoms with Crippen LogP contribution in [0.2, 0.25) is 0 Å². The monoisotopic (exact) mass is 484 g/mol. The smallest absolute Gasteiger partial charge is 0.407 e. The van der Waals surface area contributed by atoms with Gasteiger partial charge in [-0.25, -0.2) is 4.79 Å². The summed E-state index contributed by atoms with van der Waals surface area (Å²) in [7, 11) is 0. The van der Waals surface area contributed by atoms with E-state index in [1.807, 2.05) is 20.8 Å². The summed E-state index contributed by atoms with van der Waals surface area (Å²) in [5.74, 6) is 0.390. The van der Waals surface area contributed by atoms with Crippen molar-refractivity contribution in [2.24, 2.45) is 5.92 Å². The van der Waals surface area contributed by atoms with Crippen LogP contribution in [0.1, 0.15) is 73.6 Å². The van der Waals surface area contributed by atoms with Gasteiger partial charge in [-0.1, -0.05) is 12.1 Å². The minimum Gasteiger partial charge on any atom is -0.444 e. The molecule has 35 heavy (non-hydrogen) atoms. The van der Waals surface area contributed by atoms with Gasteiger partial charge in [-0.2, -0.15) is 0 Å². The van der Waals surface area contributed by atoms with Gasteiger partial charge in [0.2, 0.25) is 0 Å². The second-order valence-electron chi connectivity index (χ2n) is 11.2. The lowest BCUT2D eigenvalue weighted by atomic mass is 9.94. The molecule has 0 atom stereocenters. The number of alkyl carbamates (subject to hydrolysis) is 1. The van der Waals surface area contributed by atoms with Gasteiger partial charge in [-0.15, -0.1) is 0 Å². The number of hydrogen-bond donors (Lipinski definition) is 1. The summed E-state index contributed by atoms with van der Waals surface area (Å²) in [5, 5.41) is 3.02. The third kappa shape index (κ3) is 6.82. The zero-order valence-electron chi connectivity index (χ0n) is 21.4. The van der Waals surface area contributed by atoms with Crippen LogP contribution in [0.5, 0.6) is 0 Å². The molecule has 1 aromatic carbocycles. The Morgan fingerprint density at radius 3 is 2.06 bits per heavy atom. The Labute approximate surface area is 209 Å². The second-order valence-corrected chi connectivity index (χ2v) is 11.2. The van der Waals surface area contributed by atoms with E-state index < -0.39 is 5.60 Å². The van der Waals surface area contributed by atoms with Crippen molar-refractivity contribution in [3.8, 4) is 0 Å². The van der Waals surface area contributed by atoms with E-state index >= 15 is 0 Å². The first kappa shape index (κ1) is 25.6. The fraction of sp³-hybridized carbons (Fsp3) is 0.667. The van der Waals surface area contributed by atoms with Crippen LogP contribution >= 0.6 is 0 Å². The molecule has 2 fully saturated rings. The number of piperidine rings is 2. The molecule has 3 aliphatic heterocycles. The SMILES string of the molecule is CC(C)(C)OC(=O)NC1CCN(CC2CCN(CCCN3C(=O)c4ccccc4C3=O)CC2)CC1. The Morgan fingerprint density at radius 1 is 0.914 bits per heavy atom. The molecule has 0 spiro atoms. The largest absolute Gasteiger partial charge is 0.444 e. The number of benzene rings is 1. The van der Waals surface area contributed by atoms with Crippen LogP contribution in [-0.4, -0.2) is 90.1 Å². The average molecular weight is 485 g/mol. The molecule has 0 radical (unpaired) electrons. The Balaban J connectivity index is 1.10. The maximum absolute atomic E-state index is 12.5. The number of nitrogens with zero attached hydrogens (tertiary/aromatic N) is 3. The van der Waals surface area contributed by atoms with Gasteiger partial charge in [-0.05, 0) is 90.6 Å². The Bertz CT molecular complexity index is 877. The number of hydrogen-bond acceptors (Lipinski definition) is 6. The van der Waals surface area contributed by atoms with Crippen molar-refractivity contribution in [2.75, 3.05) is 45.8 Å². The Morgan fingerprint density at radius 2 is 1.49 bits per heavy atom. The molecule has 192 valence electrons. The zero-order valence-corrected chi connectivity index (χ0v) is 21.4. The highest BCUT2D eigenvalue weighted by atomic mass is 16.6. The minimum absolute atomic E-state index is 0.158. The van der Waals surface area contributed by atoms with Gasteiger partial charge in [0.05, 0.1) is 11.1 Å². The Hall–Kier alpha value is -2.45. The van der Waals surface area contributed by atoms with E-state index in [0.717, 1.165) is 58.5 Å². The quantitative estimate of drug-likeness (QED) is 0.598. The van der Waals surface area contributed by atoms with Crippen LogP contribution in [-0.2, 0) is 4.74 Å². The van der Waals surface area contributed by atoms with Crippen LogP contribution in [0.4, 0.5) is 4.79 Å². The van der Waals surface area contributed by atoms with Crippen molar-refractivity contribution in [1.82, 2.24) is 20.0 Å². The summed E-state index contributed by atoms with van der Waals surface area (Å²) >= 11 is 0.